The lowest BCUT2D eigenvalue weighted by Crippen LogP contribution is -2.43. The number of carbonyl (C=O) groups excluding carboxylic acids is 1. The second-order valence-electron chi connectivity index (χ2n) is 5.86. The van der Waals surface area contributed by atoms with Crippen LogP contribution >= 0.6 is 0 Å². The molecule has 124 valence electrons. The maximum atomic E-state index is 12.3. The van der Waals surface area contributed by atoms with Gasteiger partial charge in [-0.05, 0) is 13.0 Å². The van der Waals surface area contributed by atoms with Crippen molar-refractivity contribution in [2.24, 2.45) is 13.0 Å². The van der Waals surface area contributed by atoms with E-state index >= 15 is 0 Å². The van der Waals surface area contributed by atoms with E-state index in [9.17, 15) is 13.2 Å². The first-order valence-corrected chi connectivity index (χ1v) is 8.74. The molecule has 2 atom stereocenters. The van der Waals surface area contributed by atoms with E-state index < -0.39 is 10.0 Å². The molecule has 0 saturated carbocycles. The first-order chi connectivity index (χ1) is 10.2. The van der Waals surface area contributed by atoms with Gasteiger partial charge in [0.15, 0.2) is 0 Å². The van der Waals surface area contributed by atoms with E-state index in [4.69, 9.17) is 4.74 Å². The van der Waals surface area contributed by atoms with Crippen LogP contribution in [-0.2, 0) is 21.8 Å². The molecule has 1 aromatic rings. The van der Waals surface area contributed by atoms with Crippen LogP contribution in [0.15, 0.2) is 12.3 Å². The molecule has 0 bridgehead atoms. The summed E-state index contributed by atoms with van der Waals surface area (Å²) < 4.78 is 32.4. The van der Waals surface area contributed by atoms with Crippen LogP contribution in [0, 0.1) is 12.8 Å². The number of nitrogens with zero attached hydrogens (tertiary/aromatic N) is 2. The number of rotatable bonds is 5. The average molecular weight is 329 g/mol. The summed E-state index contributed by atoms with van der Waals surface area (Å²) in [4.78, 5) is 12.3. The van der Waals surface area contributed by atoms with E-state index in [-0.39, 0.29) is 23.6 Å². The van der Waals surface area contributed by atoms with Gasteiger partial charge in [0, 0.05) is 39.0 Å². The number of hydrogen-bond acceptors (Lipinski definition) is 4. The number of ether oxygens (including phenoxy) is 1. The summed E-state index contributed by atoms with van der Waals surface area (Å²) in [7, 11) is 1.56. The van der Waals surface area contributed by atoms with Gasteiger partial charge in [0.25, 0.3) is 5.91 Å². The van der Waals surface area contributed by atoms with Crippen LogP contribution < -0.4 is 5.32 Å². The van der Waals surface area contributed by atoms with Crippen LogP contribution in [0.4, 0.5) is 0 Å². The van der Waals surface area contributed by atoms with Crippen LogP contribution in [0.5, 0.6) is 0 Å². The first-order valence-electron chi connectivity index (χ1n) is 7.13. The van der Waals surface area contributed by atoms with Gasteiger partial charge >= 0.3 is 0 Å². The van der Waals surface area contributed by atoms with Gasteiger partial charge in [0.2, 0.25) is 10.0 Å². The monoisotopic (exact) mass is 329 g/mol. The van der Waals surface area contributed by atoms with Crippen molar-refractivity contribution in [2.75, 3.05) is 33.1 Å². The lowest BCUT2D eigenvalue weighted by Gasteiger charge is -2.21. The van der Waals surface area contributed by atoms with Gasteiger partial charge in [-0.25, -0.2) is 12.7 Å². The maximum Gasteiger partial charge on any atom is 0.253 e. The van der Waals surface area contributed by atoms with Crippen molar-refractivity contribution in [3.8, 4) is 0 Å². The molecule has 0 spiro atoms. The molecule has 22 heavy (non-hydrogen) atoms. The molecule has 0 radical (unpaired) electrons. The summed E-state index contributed by atoms with van der Waals surface area (Å²) in [5, 5.41) is 2.90. The minimum absolute atomic E-state index is 0.0290. The van der Waals surface area contributed by atoms with Crippen molar-refractivity contribution in [3.63, 3.8) is 0 Å². The number of aromatic nitrogens is 1. The van der Waals surface area contributed by atoms with Crippen molar-refractivity contribution < 1.29 is 17.9 Å². The number of amides is 1. The van der Waals surface area contributed by atoms with E-state index in [0.29, 0.717) is 18.8 Å². The van der Waals surface area contributed by atoms with E-state index in [1.165, 1.54) is 18.4 Å². The third kappa shape index (κ3) is 3.50. The highest BCUT2D eigenvalue weighted by Gasteiger charge is 2.34. The fourth-order valence-electron chi connectivity index (χ4n) is 2.44. The highest BCUT2D eigenvalue weighted by atomic mass is 32.2. The largest absolute Gasteiger partial charge is 0.379 e. The van der Waals surface area contributed by atoms with Gasteiger partial charge in [-0.2, -0.15) is 0 Å². The number of nitrogens with one attached hydrogen (secondary N) is 1. The quantitative estimate of drug-likeness (QED) is 0.823. The van der Waals surface area contributed by atoms with E-state index in [1.807, 2.05) is 24.7 Å². The molecule has 0 aromatic carbocycles. The molecular weight excluding hydrogens is 306 g/mol. The van der Waals surface area contributed by atoms with E-state index in [1.54, 1.807) is 6.07 Å². The zero-order valence-electron chi connectivity index (χ0n) is 13.4. The molecule has 1 N–H and O–H groups in total. The van der Waals surface area contributed by atoms with Crippen molar-refractivity contribution in [2.45, 2.75) is 13.0 Å². The minimum Gasteiger partial charge on any atom is -0.379 e. The zero-order chi connectivity index (χ0) is 16.5. The van der Waals surface area contributed by atoms with E-state index in [2.05, 4.69) is 5.32 Å². The fraction of sp³-hybridized carbons (Fsp3) is 0.643. The Bertz CT molecular complexity index is 651. The Hall–Kier alpha value is -1.38. The predicted octanol–water partition coefficient (Wildman–Crippen LogP) is -0.0303. The van der Waals surface area contributed by atoms with Gasteiger partial charge in [-0.15, -0.1) is 0 Å². The molecule has 0 unspecified atom stereocenters. The standard InChI is InChI=1S/C14H23N3O4S/c1-10-12(5-6-17(10)4)14(18)15-13-8-21-7-11(13)9-22(19,20)16(2)3/h5-6,11,13H,7-9H2,1-4H3,(H,15,18)/t11-,13-/m0/s1. The minimum atomic E-state index is -3.32. The highest BCUT2D eigenvalue weighted by Crippen LogP contribution is 2.18. The van der Waals surface area contributed by atoms with Crippen molar-refractivity contribution in [1.29, 1.82) is 0 Å². The molecular formula is C14H23N3O4S. The molecule has 1 amide bonds. The van der Waals surface area contributed by atoms with Gasteiger partial charge in [-0.1, -0.05) is 0 Å². The van der Waals surface area contributed by atoms with Gasteiger partial charge in [-0.3, -0.25) is 4.79 Å². The van der Waals surface area contributed by atoms with Crippen molar-refractivity contribution >= 4 is 15.9 Å². The first kappa shape index (κ1) is 17.0. The van der Waals surface area contributed by atoms with Crippen LogP contribution in [0.25, 0.3) is 0 Å². The van der Waals surface area contributed by atoms with Crippen molar-refractivity contribution in [3.05, 3.63) is 23.5 Å². The molecule has 1 fully saturated rings. The predicted molar refractivity (Wildman–Crippen MR) is 83.2 cm³/mol. The summed E-state index contributed by atoms with van der Waals surface area (Å²) in [6.07, 6.45) is 1.82. The Morgan fingerprint density at radius 3 is 2.68 bits per heavy atom. The summed E-state index contributed by atoms with van der Waals surface area (Å²) in [6, 6.07) is 1.47. The maximum absolute atomic E-state index is 12.3. The molecule has 1 aliphatic heterocycles. The smallest absolute Gasteiger partial charge is 0.253 e. The lowest BCUT2D eigenvalue weighted by atomic mass is 10.1. The van der Waals surface area contributed by atoms with Gasteiger partial charge in [0.05, 0.1) is 30.6 Å². The molecule has 2 heterocycles. The zero-order valence-corrected chi connectivity index (χ0v) is 14.2. The number of carbonyl (C=O) groups is 1. The molecule has 0 aliphatic carbocycles. The second kappa shape index (κ2) is 6.39. The average Bonchev–Trinajstić information content (AvgIpc) is 2.98. The Morgan fingerprint density at radius 2 is 2.14 bits per heavy atom. The van der Waals surface area contributed by atoms with Gasteiger partial charge in [0.1, 0.15) is 0 Å². The highest BCUT2D eigenvalue weighted by molar-refractivity contribution is 7.89. The van der Waals surface area contributed by atoms with Crippen LogP contribution in [0.2, 0.25) is 0 Å². The number of hydrogen-bond donors (Lipinski definition) is 1. The summed E-state index contributed by atoms with van der Waals surface area (Å²) >= 11 is 0. The molecule has 7 nitrogen and oxygen atoms in total. The molecule has 1 saturated heterocycles. The summed E-state index contributed by atoms with van der Waals surface area (Å²) in [5.74, 6) is -0.458. The Kier molecular flexibility index (Phi) is 4.93. The normalized spacial score (nSPS) is 22.2. The summed E-state index contributed by atoms with van der Waals surface area (Å²) in [5.41, 5.74) is 1.47. The van der Waals surface area contributed by atoms with Crippen LogP contribution in [0.1, 0.15) is 16.1 Å². The van der Waals surface area contributed by atoms with Gasteiger partial charge < -0.3 is 14.6 Å². The molecule has 1 aliphatic rings. The summed E-state index contributed by atoms with van der Waals surface area (Å²) in [6.45, 7) is 2.55. The topological polar surface area (TPSA) is 80.6 Å². The molecule has 2 rings (SSSR count). The van der Waals surface area contributed by atoms with Crippen LogP contribution in [-0.4, -0.2) is 62.3 Å². The second-order valence-corrected chi connectivity index (χ2v) is 8.09. The SMILES string of the molecule is Cc1c(C(=O)N[C@H]2COC[C@H]2CS(=O)(=O)N(C)C)ccn1C. The Labute approximate surface area is 131 Å². The fourth-order valence-corrected chi connectivity index (χ4v) is 3.60. The third-order valence-electron chi connectivity index (χ3n) is 4.12. The van der Waals surface area contributed by atoms with E-state index in [0.717, 1.165) is 5.69 Å². The number of sulfonamides is 1. The third-order valence-corrected chi connectivity index (χ3v) is 6.09. The lowest BCUT2D eigenvalue weighted by molar-refractivity contribution is 0.0925. The molecule has 8 heteroatoms. The number of aryl methyl sites for hydroxylation is 1. The Morgan fingerprint density at radius 1 is 1.45 bits per heavy atom. The van der Waals surface area contributed by atoms with Crippen LogP contribution in [0.3, 0.4) is 0 Å². The molecule has 1 aromatic heterocycles. The van der Waals surface area contributed by atoms with Crippen molar-refractivity contribution in [1.82, 2.24) is 14.2 Å². The Balaban J connectivity index is 2.05.